The summed E-state index contributed by atoms with van der Waals surface area (Å²) < 4.78 is 55.2. The van der Waals surface area contributed by atoms with Crippen LogP contribution in [0.2, 0.25) is 0 Å². The van der Waals surface area contributed by atoms with Crippen LogP contribution in [-0.2, 0) is 6.18 Å². The van der Waals surface area contributed by atoms with Gasteiger partial charge in [-0.25, -0.2) is 9.07 Å². The fourth-order valence-corrected chi connectivity index (χ4v) is 2.80. The molecule has 134 valence electrons. The first-order valence-electron chi connectivity index (χ1n) is 7.79. The van der Waals surface area contributed by atoms with Gasteiger partial charge in [-0.2, -0.15) is 18.3 Å². The van der Waals surface area contributed by atoms with E-state index in [0.717, 1.165) is 12.3 Å². The molecule has 2 heterocycles. The summed E-state index contributed by atoms with van der Waals surface area (Å²) in [5.74, 6) is -1.60. The fourth-order valence-electron chi connectivity index (χ4n) is 2.80. The van der Waals surface area contributed by atoms with Gasteiger partial charge in [0.25, 0.3) is 5.91 Å². The Bertz CT molecular complexity index is 764. The molecule has 0 atom stereocenters. The van der Waals surface area contributed by atoms with Crippen LogP contribution in [0.15, 0.2) is 30.5 Å². The Labute approximate surface area is 141 Å². The Morgan fingerprint density at radius 1 is 1.16 bits per heavy atom. The second-order valence-corrected chi connectivity index (χ2v) is 5.66. The van der Waals surface area contributed by atoms with E-state index in [1.165, 1.54) is 23.1 Å². The van der Waals surface area contributed by atoms with Crippen molar-refractivity contribution in [2.45, 2.75) is 12.6 Å². The summed E-state index contributed by atoms with van der Waals surface area (Å²) in [4.78, 5) is 14.0. The minimum absolute atomic E-state index is 0.307. The molecule has 1 aromatic heterocycles. The SMILES string of the molecule is O=C(c1cnn(-c2ccccc2F)c1C(F)(F)F)N1CCCNCC1. The average Bonchev–Trinajstić information content (AvgIpc) is 2.83. The third-order valence-corrected chi connectivity index (χ3v) is 3.98. The summed E-state index contributed by atoms with van der Waals surface area (Å²) in [6.07, 6.45) is -3.35. The molecule has 9 heteroatoms. The molecule has 0 spiro atoms. The van der Waals surface area contributed by atoms with E-state index < -0.39 is 29.2 Å². The van der Waals surface area contributed by atoms with Crippen molar-refractivity contribution in [3.63, 3.8) is 0 Å². The van der Waals surface area contributed by atoms with Crippen LogP contribution in [0.5, 0.6) is 0 Å². The Hall–Kier alpha value is -2.42. The minimum Gasteiger partial charge on any atom is -0.337 e. The molecule has 2 aromatic rings. The summed E-state index contributed by atoms with van der Waals surface area (Å²) in [6.45, 7) is 1.87. The Kier molecular flexibility index (Phi) is 4.76. The number of alkyl halides is 3. The first-order valence-corrected chi connectivity index (χ1v) is 7.79. The van der Waals surface area contributed by atoms with Crippen LogP contribution in [-0.4, -0.2) is 46.8 Å². The normalized spacial score (nSPS) is 15.9. The first kappa shape index (κ1) is 17.4. The highest BCUT2D eigenvalue weighted by Crippen LogP contribution is 2.34. The zero-order valence-electron chi connectivity index (χ0n) is 13.2. The molecule has 0 aliphatic carbocycles. The van der Waals surface area contributed by atoms with Gasteiger partial charge in [-0.05, 0) is 25.1 Å². The largest absolute Gasteiger partial charge is 0.434 e. The average molecular weight is 356 g/mol. The minimum atomic E-state index is -4.85. The summed E-state index contributed by atoms with van der Waals surface area (Å²) in [5, 5.41) is 6.73. The lowest BCUT2D eigenvalue weighted by molar-refractivity contribution is -0.143. The number of benzene rings is 1. The number of halogens is 4. The van der Waals surface area contributed by atoms with Crippen molar-refractivity contribution in [2.75, 3.05) is 26.2 Å². The molecule has 0 bridgehead atoms. The molecular weight excluding hydrogens is 340 g/mol. The molecule has 5 nitrogen and oxygen atoms in total. The van der Waals surface area contributed by atoms with Crippen LogP contribution in [0.25, 0.3) is 5.69 Å². The van der Waals surface area contributed by atoms with Crippen LogP contribution in [0.1, 0.15) is 22.5 Å². The lowest BCUT2D eigenvalue weighted by Gasteiger charge is -2.20. The second kappa shape index (κ2) is 6.83. The Morgan fingerprint density at radius 3 is 2.64 bits per heavy atom. The van der Waals surface area contributed by atoms with Crippen molar-refractivity contribution in [2.24, 2.45) is 0 Å². The van der Waals surface area contributed by atoms with Crippen molar-refractivity contribution >= 4 is 5.91 Å². The van der Waals surface area contributed by atoms with Crippen molar-refractivity contribution < 1.29 is 22.4 Å². The molecule has 0 unspecified atom stereocenters. The summed E-state index contributed by atoms with van der Waals surface area (Å²) in [5.41, 5.74) is -2.19. The van der Waals surface area contributed by atoms with Crippen LogP contribution >= 0.6 is 0 Å². The van der Waals surface area contributed by atoms with Gasteiger partial charge in [-0.1, -0.05) is 12.1 Å². The van der Waals surface area contributed by atoms with Gasteiger partial charge in [-0.3, -0.25) is 4.79 Å². The number of rotatable bonds is 2. The molecule has 1 aliphatic heterocycles. The number of amides is 1. The van der Waals surface area contributed by atoms with E-state index in [-0.39, 0.29) is 5.69 Å². The van der Waals surface area contributed by atoms with Gasteiger partial charge >= 0.3 is 6.18 Å². The van der Waals surface area contributed by atoms with Gasteiger partial charge in [0, 0.05) is 19.6 Å². The number of aromatic nitrogens is 2. The van der Waals surface area contributed by atoms with E-state index in [1.807, 2.05) is 0 Å². The van der Waals surface area contributed by atoms with Gasteiger partial charge in [0.05, 0.1) is 11.8 Å². The molecule has 1 fully saturated rings. The lowest BCUT2D eigenvalue weighted by Crippen LogP contribution is -2.35. The highest BCUT2D eigenvalue weighted by molar-refractivity contribution is 5.95. The summed E-state index contributed by atoms with van der Waals surface area (Å²) in [6, 6.07) is 4.99. The van der Waals surface area contributed by atoms with E-state index in [4.69, 9.17) is 0 Å². The van der Waals surface area contributed by atoms with E-state index in [2.05, 4.69) is 10.4 Å². The van der Waals surface area contributed by atoms with Gasteiger partial charge in [-0.15, -0.1) is 0 Å². The lowest BCUT2D eigenvalue weighted by atomic mass is 10.2. The maximum absolute atomic E-state index is 13.9. The van der Waals surface area contributed by atoms with Crippen molar-refractivity contribution in [3.8, 4) is 5.69 Å². The zero-order valence-corrected chi connectivity index (χ0v) is 13.2. The number of hydrogen-bond donors (Lipinski definition) is 1. The second-order valence-electron chi connectivity index (χ2n) is 5.66. The smallest absolute Gasteiger partial charge is 0.337 e. The Morgan fingerprint density at radius 2 is 1.92 bits per heavy atom. The summed E-state index contributed by atoms with van der Waals surface area (Å²) in [7, 11) is 0. The van der Waals surface area contributed by atoms with E-state index >= 15 is 0 Å². The Balaban J connectivity index is 2.06. The van der Waals surface area contributed by atoms with Crippen LogP contribution < -0.4 is 5.32 Å². The molecule has 1 N–H and O–H groups in total. The number of para-hydroxylation sites is 1. The third kappa shape index (κ3) is 3.51. The van der Waals surface area contributed by atoms with Gasteiger partial charge in [0.1, 0.15) is 11.5 Å². The highest BCUT2D eigenvalue weighted by Gasteiger charge is 2.41. The molecule has 0 radical (unpaired) electrons. The predicted molar refractivity (Wildman–Crippen MR) is 81.9 cm³/mol. The monoisotopic (exact) mass is 356 g/mol. The molecule has 1 aliphatic rings. The topological polar surface area (TPSA) is 50.2 Å². The number of carbonyl (C=O) groups is 1. The predicted octanol–water partition coefficient (Wildman–Crippen LogP) is 2.47. The molecule has 25 heavy (non-hydrogen) atoms. The maximum atomic E-state index is 13.9. The van der Waals surface area contributed by atoms with Crippen LogP contribution in [0.3, 0.4) is 0 Å². The van der Waals surface area contributed by atoms with Crippen LogP contribution in [0, 0.1) is 5.82 Å². The number of carbonyl (C=O) groups excluding carboxylic acids is 1. The van der Waals surface area contributed by atoms with Crippen molar-refractivity contribution in [3.05, 3.63) is 47.5 Å². The van der Waals surface area contributed by atoms with Gasteiger partial charge in [0.15, 0.2) is 5.69 Å². The molecule has 1 saturated heterocycles. The third-order valence-electron chi connectivity index (χ3n) is 3.98. The van der Waals surface area contributed by atoms with E-state index in [9.17, 15) is 22.4 Å². The summed E-state index contributed by atoms with van der Waals surface area (Å²) >= 11 is 0. The number of hydrogen-bond acceptors (Lipinski definition) is 3. The molecule has 1 aromatic carbocycles. The van der Waals surface area contributed by atoms with E-state index in [1.54, 1.807) is 0 Å². The van der Waals surface area contributed by atoms with E-state index in [0.29, 0.717) is 37.3 Å². The van der Waals surface area contributed by atoms with Gasteiger partial charge in [0.2, 0.25) is 0 Å². The first-order chi connectivity index (χ1) is 11.9. The number of nitrogens with one attached hydrogen (secondary N) is 1. The molecule has 3 rings (SSSR count). The maximum Gasteiger partial charge on any atom is 0.434 e. The zero-order chi connectivity index (χ0) is 18.0. The molecular formula is C16H16F4N4O. The number of nitrogens with zero attached hydrogens (tertiary/aromatic N) is 3. The quantitative estimate of drug-likeness (QED) is 0.841. The highest BCUT2D eigenvalue weighted by atomic mass is 19.4. The fraction of sp³-hybridized carbons (Fsp3) is 0.375. The van der Waals surface area contributed by atoms with Crippen molar-refractivity contribution in [1.82, 2.24) is 20.0 Å². The molecule has 0 saturated carbocycles. The van der Waals surface area contributed by atoms with Gasteiger partial charge < -0.3 is 10.2 Å². The molecule has 1 amide bonds. The standard InChI is InChI=1S/C16H16F4N4O/c17-12-4-1-2-5-13(12)24-14(16(18,19)20)11(10-22-24)15(25)23-8-3-6-21-7-9-23/h1-2,4-5,10,21H,3,6-9H2. The van der Waals surface area contributed by atoms with Crippen molar-refractivity contribution in [1.29, 1.82) is 0 Å². The van der Waals surface area contributed by atoms with Crippen LogP contribution in [0.4, 0.5) is 17.6 Å².